The Hall–Kier alpha value is -4.63. The van der Waals surface area contributed by atoms with Gasteiger partial charge in [0, 0.05) is 51.2 Å². The van der Waals surface area contributed by atoms with E-state index in [-0.39, 0.29) is 42.8 Å². The lowest BCUT2D eigenvalue weighted by atomic mass is 9.87. The second kappa shape index (κ2) is 17.5. The third-order valence-corrected chi connectivity index (χ3v) is 10.1. The molecule has 2 aromatic carbocycles. The molecule has 2 aromatic rings. The number of fused-ring (bicyclic) bond motifs is 5. The summed E-state index contributed by atoms with van der Waals surface area (Å²) in [5.41, 5.74) is 7.28. The first-order valence-corrected chi connectivity index (χ1v) is 17.6. The van der Waals surface area contributed by atoms with E-state index in [0.29, 0.717) is 40.6 Å². The number of carbonyl (C=O) groups excluding carboxylic acids is 3. The summed E-state index contributed by atoms with van der Waals surface area (Å²) in [7, 11) is 6.18. The molecule has 2 unspecified atom stereocenters. The van der Waals surface area contributed by atoms with Gasteiger partial charge in [0.15, 0.2) is 5.72 Å². The van der Waals surface area contributed by atoms with Gasteiger partial charge in [-0.25, -0.2) is 9.59 Å². The van der Waals surface area contributed by atoms with Gasteiger partial charge in [0.2, 0.25) is 5.91 Å². The number of aliphatic carboxylic acids is 1. The van der Waals surface area contributed by atoms with Crippen LogP contribution in [0.4, 0.5) is 16.2 Å². The number of anilines is 2. The molecule has 53 heavy (non-hydrogen) atoms. The maximum absolute atomic E-state index is 13.1. The first kappa shape index (κ1) is 41.1. The number of amides is 3. The molecule has 3 heterocycles. The highest BCUT2D eigenvalue weighted by molar-refractivity contribution is 6.35. The third-order valence-electron chi connectivity index (χ3n) is 9.76. The number of benzene rings is 2. The van der Waals surface area contributed by atoms with Crippen LogP contribution in [-0.4, -0.2) is 103 Å². The number of carboxylic acid groups (broad SMARTS) is 1. The van der Waals surface area contributed by atoms with Crippen molar-refractivity contribution >= 4 is 46.9 Å². The van der Waals surface area contributed by atoms with Crippen LogP contribution in [0.15, 0.2) is 60.2 Å². The maximum atomic E-state index is 13.1. The van der Waals surface area contributed by atoms with Gasteiger partial charge in [-0.1, -0.05) is 48.4 Å². The normalized spacial score (nSPS) is 28.0. The lowest BCUT2D eigenvalue weighted by Gasteiger charge is -2.41. The highest BCUT2D eigenvalue weighted by atomic mass is 35.5. The average molecular weight is 757 g/mol. The van der Waals surface area contributed by atoms with Crippen molar-refractivity contribution in [2.24, 2.45) is 5.92 Å². The van der Waals surface area contributed by atoms with Crippen LogP contribution in [0.1, 0.15) is 56.0 Å². The SMILES string of the molecule is COc1cc2cc(c1Cl)N(C)C(=O)CCC1O[C@H]1[C@H](C)C1C[C@@](O)(NC(=O)O1)[C@H](OC)/C=C/C=C(\C)C2.C[C@@H](C(=O)O)N(C)C(=O)c1cccc(N)c1. The predicted octanol–water partition coefficient (Wildman–Crippen LogP) is 4.57. The van der Waals surface area contributed by atoms with Gasteiger partial charge in [0.25, 0.3) is 5.91 Å². The van der Waals surface area contributed by atoms with Crippen LogP contribution >= 0.6 is 11.6 Å². The molecule has 288 valence electrons. The lowest BCUT2D eigenvalue weighted by Crippen LogP contribution is -2.63. The number of carboxylic acids is 1. The molecular formula is C38H49ClN4O10. The van der Waals surface area contributed by atoms with Gasteiger partial charge >= 0.3 is 12.1 Å². The first-order valence-electron chi connectivity index (χ1n) is 17.2. The number of epoxide rings is 1. The maximum Gasteiger partial charge on any atom is 0.409 e. The molecule has 0 aliphatic carbocycles. The van der Waals surface area contributed by atoms with Crippen LogP contribution in [-0.2, 0) is 30.2 Å². The Morgan fingerprint density at radius 2 is 1.91 bits per heavy atom. The van der Waals surface area contributed by atoms with E-state index in [1.807, 2.05) is 32.1 Å². The molecule has 5 N–H and O–H groups in total. The molecule has 0 radical (unpaired) electrons. The number of aliphatic hydroxyl groups is 1. The highest BCUT2D eigenvalue weighted by Crippen LogP contribution is 2.40. The fourth-order valence-electron chi connectivity index (χ4n) is 6.34. The molecule has 4 bridgehead atoms. The number of hydrogen-bond donors (Lipinski definition) is 4. The number of hydrogen-bond acceptors (Lipinski definition) is 10. The monoisotopic (exact) mass is 756 g/mol. The van der Waals surface area contributed by atoms with Gasteiger partial charge in [-0.15, -0.1) is 0 Å². The molecule has 3 aliphatic rings. The second-order valence-corrected chi connectivity index (χ2v) is 14.0. The van der Waals surface area contributed by atoms with E-state index in [0.717, 1.165) is 16.0 Å². The summed E-state index contributed by atoms with van der Waals surface area (Å²) in [4.78, 5) is 50.7. The molecule has 3 aliphatic heterocycles. The number of allylic oxidation sites excluding steroid dienone is 3. The van der Waals surface area contributed by atoms with E-state index < -0.39 is 36.0 Å². The zero-order chi connectivity index (χ0) is 39.2. The molecular weight excluding hydrogens is 708 g/mol. The minimum absolute atomic E-state index is 0.0956. The molecule has 15 heteroatoms. The van der Waals surface area contributed by atoms with Crippen molar-refractivity contribution in [1.82, 2.24) is 10.2 Å². The number of rotatable bonds is 5. The van der Waals surface area contributed by atoms with Gasteiger partial charge in [-0.2, -0.15) is 0 Å². The van der Waals surface area contributed by atoms with E-state index in [9.17, 15) is 24.3 Å². The van der Waals surface area contributed by atoms with Crippen LogP contribution in [0.25, 0.3) is 0 Å². The Balaban J connectivity index is 0.000000328. The van der Waals surface area contributed by atoms with Gasteiger partial charge < -0.3 is 44.7 Å². The van der Waals surface area contributed by atoms with Gasteiger partial charge in [-0.05, 0) is 62.6 Å². The molecule has 2 fully saturated rings. The van der Waals surface area contributed by atoms with Crippen LogP contribution in [0.2, 0.25) is 5.02 Å². The molecule has 2 saturated heterocycles. The zero-order valence-electron chi connectivity index (χ0n) is 31.0. The number of methoxy groups -OCH3 is 2. The number of nitrogen functional groups attached to an aromatic ring is 1. The van der Waals surface area contributed by atoms with Crippen molar-refractivity contribution in [2.45, 2.75) is 82.6 Å². The van der Waals surface area contributed by atoms with Crippen LogP contribution in [0.3, 0.4) is 0 Å². The smallest absolute Gasteiger partial charge is 0.409 e. The number of halogens is 1. The topological polar surface area (TPSA) is 193 Å². The Morgan fingerprint density at radius 3 is 2.55 bits per heavy atom. The number of alkyl carbamates (subject to hydrolysis) is 1. The van der Waals surface area contributed by atoms with Crippen molar-refractivity contribution < 1.29 is 48.3 Å². The van der Waals surface area contributed by atoms with Crippen molar-refractivity contribution in [3.05, 3.63) is 76.3 Å². The molecule has 3 amide bonds. The van der Waals surface area contributed by atoms with Crippen LogP contribution in [0.5, 0.6) is 5.75 Å². The summed E-state index contributed by atoms with van der Waals surface area (Å²) in [6.07, 6.45) is 4.48. The number of nitrogens with one attached hydrogen (secondary N) is 1. The quantitative estimate of drug-likeness (QED) is 0.247. The summed E-state index contributed by atoms with van der Waals surface area (Å²) < 4.78 is 22.4. The third kappa shape index (κ3) is 10.1. The predicted molar refractivity (Wildman–Crippen MR) is 199 cm³/mol. The van der Waals surface area contributed by atoms with E-state index in [1.54, 1.807) is 49.4 Å². The Kier molecular flexibility index (Phi) is 13.6. The van der Waals surface area contributed by atoms with Crippen molar-refractivity contribution in [3.8, 4) is 5.75 Å². The molecule has 5 rings (SSSR count). The fourth-order valence-corrected chi connectivity index (χ4v) is 6.65. The largest absolute Gasteiger partial charge is 0.495 e. The summed E-state index contributed by atoms with van der Waals surface area (Å²) in [6.45, 7) is 5.35. The van der Waals surface area contributed by atoms with Gasteiger partial charge in [-0.3, -0.25) is 14.9 Å². The number of ether oxygens (including phenoxy) is 4. The Labute approximate surface area is 314 Å². The summed E-state index contributed by atoms with van der Waals surface area (Å²) in [5, 5.41) is 23.0. The van der Waals surface area contributed by atoms with Crippen LogP contribution in [0, 0.1) is 5.92 Å². The minimum atomic E-state index is -1.65. The summed E-state index contributed by atoms with van der Waals surface area (Å²) >= 11 is 6.58. The lowest BCUT2D eigenvalue weighted by molar-refractivity contribution is -0.142. The first-order chi connectivity index (χ1) is 25.0. The summed E-state index contributed by atoms with van der Waals surface area (Å²) in [5.74, 6) is -1.19. The highest BCUT2D eigenvalue weighted by Gasteiger charge is 2.52. The standard InChI is InChI=1S/C27H35ClN2O7.C11H14N2O3/c1-15-7-6-8-22(35-5)27(33)14-21(37-26(32)29-27)16(2)25-19(36-25)9-10-23(31)30(3)18-12-17(11-15)13-20(34-4)24(18)28;1-7(11(15)16)13(2)10(14)8-4-3-5-9(12)6-8/h6-8,12-13,16,19,21-22,25,33H,9-11,14H2,1-5H3,(H,29,32);3-7H,12H2,1-2H3,(H,15,16)/b8-6+,15-7+;/t16-,19?,21?,22-,25+,27+;7-/m10/s1. The Bertz CT molecular complexity index is 1750. The molecule has 0 spiro atoms. The van der Waals surface area contributed by atoms with E-state index in [4.69, 9.17) is 41.4 Å². The van der Waals surface area contributed by atoms with Crippen molar-refractivity contribution in [2.75, 3.05) is 38.9 Å². The second-order valence-electron chi connectivity index (χ2n) is 13.6. The average Bonchev–Trinajstić information content (AvgIpc) is 3.90. The minimum Gasteiger partial charge on any atom is -0.495 e. The number of nitrogens with two attached hydrogens (primary N) is 1. The van der Waals surface area contributed by atoms with Crippen LogP contribution < -0.4 is 20.7 Å². The number of carbonyl (C=O) groups is 4. The zero-order valence-corrected chi connectivity index (χ0v) is 31.8. The van der Waals surface area contributed by atoms with E-state index >= 15 is 0 Å². The summed E-state index contributed by atoms with van der Waals surface area (Å²) in [6, 6.07) is 9.33. The van der Waals surface area contributed by atoms with Crippen molar-refractivity contribution in [1.29, 1.82) is 0 Å². The van der Waals surface area contributed by atoms with E-state index in [1.165, 1.54) is 27.1 Å². The molecule has 0 aromatic heterocycles. The molecule has 14 nitrogen and oxygen atoms in total. The Morgan fingerprint density at radius 1 is 1.19 bits per heavy atom. The fraction of sp³-hybridized carbons (Fsp3) is 0.474. The van der Waals surface area contributed by atoms with Gasteiger partial charge in [0.1, 0.15) is 29.0 Å². The van der Waals surface area contributed by atoms with Gasteiger partial charge in [0.05, 0.1) is 25.0 Å². The number of nitrogens with zero attached hydrogens (tertiary/aromatic N) is 2. The van der Waals surface area contributed by atoms with Crippen molar-refractivity contribution in [3.63, 3.8) is 0 Å². The number of likely N-dealkylation sites (N-methyl/N-ethyl adjacent to an activating group) is 1. The van der Waals surface area contributed by atoms with E-state index in [2.05, 4.69) is 5.32 Å². The molecule has 7 atom stereocenters. The molecule has 0 saturated carbocycles.